The van der Waals surface area contributed by atoms with E-state index in [1.54, 1.807) is 6.92 Å². The molecule has 1 saturated carbocycles. The van der Waals surface area contributed by atoms with E-state index in [4.69, 9.17) is 16.2 Å². The number of hydrogen-bond acceptors (Lipinski definition) is 5. The lowest BCUT2D eigenvalue weighted by Gasteiger charge is -2.41. The number of rotatable bonds is 3. The Balaban J connectivity index is 2.38. The molecule has 1 aliphatic carbocycles. The molecule has 0 aromatic rings. The Labute approximate surface area is 122 Å². The summed E-state index contributed by atoms with van der Waals surface area (Å²) in [6, 6.07) is 0.544. The first kappa shape index (κ1) is 17.2. The molecule has 1 amide bonds. The lowest BCUT2D eigenvalue weighted by Crippen LogP contribution is -2.63. The fourth-order valence-corrected chi connectivity index (χ4v) is 2.48. The summed E-state index contributed by atoms with van der Waals surface area (Å²) < 4.78 is 5.27. The van der Waals surface area contributed by atoms with Crippen molar-refractivity contribution >= 4 is 6.09 Å². The molecule has 0 saturated heterocycles. The van der Waals surface area contributed by atoms with Crippen LogP contribution in [-0.4, -0.2) is 41.5 Å². The van der Waals surface area contributed by atoms with Crippen molar-refractivity contribution in [3.8, 4) is 0 Å². The molecule has 0 aliphatic heterocycles. The molecule has 0 aromatic heterocycles. The van der Waals surface area contributed by atoms with Crippen molar-refractivity contribution < 1.29 is 9.53 Å². The van der Waals surface area contributed by atoms with E-state index in [1.807, 2.05) is 32.7 Å². The van der Waals surface area contributed by atoms with Crippen LogP contribution in [0.15, 0.2) is 0 Å². The molecular weight excluding hydrogens is 256 g/mol. The van der Waals surface area contributed by atoms with E-state index in [2.05, 4.69) is 5.32 Å². The number of carbonyl (C=O) groups excluding carboxylic acids is 1. The van der Waals surface area contributed by atoms with Crippen molar-refractivity contribution in [3.05, 3.63) is 0 Å². The van der Waals surface area contributed by atoms with Crippen LogP contribution in [0.4, 0.5) is 4.79 Å². The largest absolute Gasteiger partial charge is 0.444 e. The fraction of sp³-hybridized carbons (Fsp3) is 0.929. The molecule has 1 rings (SSSR count). The molecule has 1 aliphatic rings. The molecule has 0 unspecified atom stereocenters. The standard InChI is InChI=1S/C14H30N4O2/c1-13(2,3)20-12(19)17-10-6-8-11(9-7-10)18(5)14(4,15)16/h10-11H,6-9,15-16H2,1-5H3,(H,17,19). The highest BCUT2D eigenvalue weighted by Gasteiger charge is 2.31. The Kier molecular flexibility index (Phi) is 5.40. The number of carbonyl (C=O) groups is 1. The summed E-state index contributed by atoms with van der Waals surface area (Å²) in [5.41, 5.74) is 11.4. The second-order valence-corrected chi connectivity index (χ2v) is 6.99. The number of nitrogens with zero attached hydrogens (tertiary/aromatic N) is 1. The highest BCUT2D eigenvalue weighted by Crippen LogP contribution is 2.24. The summed E-state index contributed by atoms with van der Waals surface area (Å²) in [7, 11) is 1.95. The fourth-order valence-electron chi connectivity index (χ4n) is 2.48. The molecule has 0 heterocycles. The second kappa shape index (κ2) is 6.28. The predicted molar refractivity (Wildman–Crippen MR) is 80.0 cm³/mol. The minimum absolute atomic E-state index is 0.177. The van der Waals surface area contributed by atoms with Gasteiger partial charge < -0.3 is 21.5 Å². The van der Waals surface area contributed by atoms with E-state index in [1.165, 1.54) is 0 Å². The first-order valence-corrected chi connectivity index (χ1v) is 7.29. The molecule has 6 nitrogen and oxygen atoms in total. The van der Waals surface area contributed by atoms with Gasteiger partial charge in [0.25, 0.3) is 0 Å². The van der Waals surface area contributed by atoms with Gasteiger partial charge in [0.15, 0.2) is 0 Å². The molecule has 0 aromatic carbocycles. The molecule has 6 heteroatoms. The van der Waals surface area contributed by atoms with Gasteiger partial charge in [-0.3, -0.25) is 4.90 Å². The Hall–Kier alpha value is -0.850. The van der Waals surface area contributed by atoms with Crippen molar-refractivity contribution in [1.82, 2.24) is 10.2 Å². The highest BCUT2D eigenvalue weighted by atomic mass is 16.6. The van der Waals surface area contributed by atoms with Gasteiger partial charge in [0.1, 0.15) is 11.4 Å². The Morgan fingerprint density at radius 3 is 2.05 bits per heavy atom. The van der Waals surface area contributed by atoms with E-state index >= 15 is 0 Å². The maximum Gasteiger partial charge on any atom is 0.407 e. The van der Waals surface area contributed by atoms with Crippen LogP contribution >= 0.6 is 0 Å². The number of nitrogens with one attached hydrogen (secondary N) is 1. The van der Waals surface area contributed by atoms with Gasteiger partial charge in [-0.2, -0.15) is 0 Å². The lowest BCUT2D eigenvalue weighted by atomic mass is 9.90. The van der Waals surface area contributed by atoms with E-state index in [9.17, 15) is 4.79 Å². The van der Waals surface area contributed by atoms with Crippen LogP contribution in [-0.2, 0) is 4.74 Å². The SMILES string of the molecule is CN(C1CCC(NC(=O)OC(C)(C)C)CC1)C(C)(N)N. The lowest BCUT2D eigenvalue weighted by molar-refractivity contribution is 0.0431. The first-order valence-electron chi connectivity index (χ1n) is 7.29. The Morgan fingerprint density at radius 2 is 1.65 bits per heavy atom. The van der Waals surface area contributed by atoms with Crippen molar-refractivity contribution in [3.63, 3.8) is 0 Å². The summed E-state index contributed by atoms with van der Waals surface area (Å²) in [5, 5.41) is 2.93. The van der Waals surface area contributed by atoms with Crippen LogP contribution in [0.25, 0.3) is 0 Å². The van der Waals surface area contributed by atoms with Crippen molar-refractivity contribution in [2.45, 2.75) is 76.8 Å². The van der Waals surface area contributed by atoms with E-state index in [0.717, 1.165) is 25.7 Å². The van der Waals surface area contributed by atoms with Crippen LogP contribution in [0.3, 0.4) is 0 Å². The van der Waals surface area contributed by atoms with Crippen LogP contribution in [0.2, 0.25) is 0 Å². The zero-order valence-electron chi connectivity index (χ0n) is 13.4. The number of alkyl carbamates (subject to hydrolysis) is 1. The van der Waals surface area contributed by atoms with Crippen LogP contribution in [0.1, 0.15) is 53.4 Å². The van der Waals surface area contributed by atoms with Crippen LogP contribution < -0.4 is 16.8 Å². The maximum absolute atomic E-state index is 11.7. The molecule has 118 valence electrons. The quantitative estimate of drug-likeness (QED) is 0.681. The van der Waals surface area contributed by atoms with Gasteiger partial charge in [-0.25, -0.2) is 4.79 Å². The monoisotopic (exact) mass is 286 g/mol. The summed E-state index contributed by atoms with van der Waals surface area (Å²) in [5.74, 6) is -0.796. The summed E-state index contributed by atoms with van der Waals surface area (Å²) in [6.07, 6.45) is 3.45. The third-order valence-electron chi connectivity index (χ3n) is 3.73. The molecule has 0 radical (unpaired) electrons. The van der Waals surface area contributed by atoms with Gasteiger partial charge in [-0.05, 0) is 60.4 Å². The maximum atomic E-state index is 11.7. The van der Waals surface area contributed by atoms with Gasteiger partial charge in [-0.1, -0.05) is 0 Å². The van der Waals surface area contributed by atoms with E-state index in [-0.39, 0.29) is 12.1 Å². The molecule has 20 heavy (non-hydrogen) atoms. The molecule has 0 bridgehead atoms. The van der Waals surface area contributed by atoms with Gasteiger partial charge in [0, 0.05) is 12.1 Å². The average molecular weight is 286 g/mol. The van der Waals surface area contributed by atoms with Crippen molar-refractivity contribution in [1.29, 1.82) is 0 Å². The van der Waals surface area contributed by atoms with E-state index in [0.29, 0.717) is 6.04 Å². The number of amides is 1. The van der Waals surface area contributed by atoms with Crippen molar-refractivity contribution in [2.24, 2.45) is 11.5 Å². The first-order chi connectivity index (χ1) is 8.99. The predicted octanol–water partition coefficient (Wildman–Crippen LogP) is 1.35. The van der Waals surface area contributed by atoms with Gasteiger partial charge >= 0.3 is 6.09 Å². The molecule has 0 atom stereocenters. The smallest absolute Gasteiger partial charge is 0.407 e. The highest BCUT2D eigenvalue weighted by molar-refractivity contribution is 5.68. The second-order valence-electron chi connectivity index (χ2n) is 6.99. The molecular formula is C14H30N4O2. The Bertz CT molecular complexity index is 325. The van der Waals surface area contributed by atoms with Crippen LogP contribution in [0.5, 0.6) is 0 Å². The summed E-state index contributed by atoms with van der Waals surface area (Å²) in [6.45, 7) is 7.39. The average Bonchev–Trinajstić information content (AvgIpc) is 2.25. The van der Waals surface area contributed by atoms with Gasteiger partial charge in [0.2, 0.25) is 0 Å². The summed E-state index contributed by atoms with van der Waals surface area (Å²) >= 11 is 0. The van der Waals surface area contributed by atoms with Crippen molar-refractivity contribution in [2.75, 3.05) is 7.05 Å². The number of ether oxygens (including phenoxy) is 1. The number of nitrogens with two attached hydrogens (primary N) is 2. The topological polar surface area (TPSA) is 93.6 Å². The normalized spacial score (nSPS) is 24.6. The minimum Gasteiger partial charge on any atom is -0.444 e. The molecule has 0 spiro atoms. The third kappa shape index (κ3) is 5.64. The number of hydrogen-bond donors (Lipinski definition) is 3. The Morgan fingerprint density at radius 1 is 1.15 bits per heavy atom. The molecule has 1 fully saturated rings. The van der Waals surface area contributed by atoms with E-state index < -0.39 is 11.4 Å². The minimum atomic E-state index is -0.796. The van der Waals surface area contributed by atoms with Crippen LogP contribution in [0, 0.1) is 0 Å². The van der Waals surface area contributed by atoms with Gasteiger partial charge in [-0.15, -0.1) is 0 Å². The van der Waals surface area contributed by atoms with Gasteiger partial charge in [0.05, 0.1) is 0 Å². The molecule has 5 N–H and O–H groups in total. The zero-order chi connectivity index (χ0) is 15.6. The summed E-state index contributed by atoms with van der Waals surface area (Å²) in [4.78, 5) is 13.7. The third-order valence-corrected chi connectivity index (χ3v) is 3.73. The zero-order valence-corrected chi connectivity index (χ0v) is 13.4.